The first kappa shape index (κ1) is 12.3. The number of nitriles is 1. The predicted molar refractivity (Wildman–Crippen MR) is 56.7 cm³/mol. The van der Waals surface area contributed by atoms with Gasteiger partial charge in [0.25, 0.3) is 5.69 Å². The molecule has 1 unspecified atom stereocenters. The van der Waals surface area contributed by atoms with Crippen LogP contribution in [0.2, 0.25) is 0 Å². The van der Waals surface area contributed by atoms with Gasteiger partial charge in [0.05, 0.1) is 17.8 Å². The molecule has 0 aromatic heterocycles. The molecule has 0 saturated carbocycles. The van der Waals surface area contributed by atoms with Crippen molar-refractivity contribution in [1.29, 1.82) is 5.26 Å². The molecule has 16 heavy (non-hydrogen) atoms. The third-order valence-corrected chi connectivity index (χ3v) is 2.79. The van der Waals surface area contributed by atoms with Crippen LogP contribution < -0.4 is 0 Å². The van der Waals surface area contributed by atoms with Gasteiger partial charge < -0.3 is 0 Å². The van der Waals surface area contributed by atoms with Crippen LogP contribution in [-0.4, -0.2) is 16.2 Å². The van der Waals surface area contributed by atoms with Crippen molar-refractivity contribution >= 4 is 16.8 Å². The molecule has 6 nitrogen and oxygen atoms in total. The van der Waals surface area contributed by atoms with Crippen molar-refractivity contribution in [2.75, 3.05) is 7.11 Å². The van der Waals surface area contributed by atoms with Crippen molar-refractivity contribution in [1.82, 2.24) is 0 Å². The van der Waals surface area contributed by atoms with Gasteiger partial charge in [0.2, 0.25) is 0 Å². The van der Waals surface area contributed by atoms with Crippen LogP contribution in [0, 0.1) is 21.4 Å². The van der Waals surface area contributed by atoms with Gasteiger partial charge in [-0.15, -0.1) is 0 Å². The highest BCUT2D eigenvalue weighted by atomic mass is 32.2. The summed E-state index contributed by atoms with van der Waals surface area (Å²) in [6.07, 6.45) is 0. The van der Waals surface area contributed by atoms with Gasteiger partial charge in [0.15, 0.2) is 11.1 Å². The molecular weight excluding hydrogens is 232 g/mol. The molecule has 1 atom stereocenters. The second-order valence-corrected chi connectivity index (χ2v) is 4.06. The van der Waals surface area contributed by atoms with Gasteiger partial charge in [-0.2, -0.15) is 5.26 Å². The summed E-state index contributed by atoms with van der Waals surface area (Å²) in [4.78, 5) is 9.99. The molecule has 1 aromatic carbocycles. The quantitative estimate of drug-likeness (QED) is 0.583. The van der Waals surface area contributed by atoms with Crippen molar-refractivity contribution in [3.05, 3.63) is 39.4 Å². The summed E-state index contributed by atoms with van der Waals surface area (Å²) in [6.45, 7) is 0. The lowest BCUT2D eigenvalue weighted by molar-refractivity contribution is -0.385. The minimum absolute atomic E-state index is 0.0167. The Morgan fingerprint density at radius 1 is 1.62 bits per heavy atom. The number of nitro benzene ring substituents is 1. The Balaban J connectivity index is 3.08. The van der Waals surface area contributed by atoms with Crippen LogP contribution in [0.25, 0.3) is 0 Å². The van der Waals surface area contributed by atoms with Crippen molar-refractivity contribution in [2.24, 2.45) is 0 Å². The van der Waals surface area contributed by atoms with Crippen molar-refractivity contribution in [3.8, 4) is 6.07 Å². The molecule has 0 radical (unpaired) electrons. The normalized spacial score (nSPS) is 11.8. The molecule has 0 heterocycles. The maximum Gasteiger partial charge on any atom is 0.287 e. The zero-order chi connectivity index (χ0) is 12.1. The fraction of sp³-hybridized carbons (Fsp3) is 0.222. The first-order chi connectivity index (χ1) is 7.58. The third kappa shape index (κ3) is 2.85. The highest BCUT2D eigenvalue weighted by Crippen LogP contribution is 2.20. The van der Waals surface area contributed by atoms with E-state index < -0.39 is 16.0 Å². The fourth-order valence-corrected chi connectivity index (χ4v) is 1.68. The van der Waals surface area contributed by atoms with E-state index in [0.29, 0.717) is 5.56 Å². The molecule has 0 N–H and O–H groups in total. The molecular formula is C9H8N2O4S. The lowest BCUT2D eigenvalue weighted by Gasteiger charge is -2.00. The molecule has 7 heteroatoms. The summed E-state index contributed by atoms with van der Waals surface area (Å²) in [5, 5.41) is 19.3. The first-order valence-electron chi connectivity index (χ1n) is 4.18. The Kier molecular flexibility index (Phi) is 4.10. The molecule has 0 spiro atoms. The van der Waals surface area contributed by atoms with Crippen molar-refractivity contribution in [2.45, 2.75) is 5.75 Å². The van der Waals surface area contributed by atoms with E-state index in [4.69, 9.17) is 5.26 Å². The summed E-state index contributed by atoms with van der Waals surface area (Å²) in [6, 6.07) is 5.80. The standard InChI is InChI=1S/C9H8N2O4S/c1-15-16(14)6-7-2-3-8(5-10)9(4-7)11(12)13/h2-4H,6H2,1H3. The Bertz CT molecular complexity index is 481. The SMILES string of the molecule is COS(=O)Cc1ccc(C#N)c([N+](=O)[O-])c1. The Labute approximate surface area is 94.3 Å². The van der Waals surface area contributed by atoms with Crippen LogP contribution in [0.5, 0.6) is 0 Å². The molecule has 1 aromatic rings. The zero-order valence-electron chi connectivity index (χ0n) is 8.37. The van der Waals surface area contributed by atoms with E-state index in [1.807, 2.05) is 0 Å². The predicted octanol–water partition coefficient (Wildman–Crippen LogP) is 1.28. The van der Waals surface area contributed by atoms with Crippen LogP contribution in [0.15, 0.2) is 18.2 Å². The largest absolute Gasteiger partial charge is 0.294 e. The maximum atomic E-state index is 11.1. The van der Waals surface area contributed by atoms with Crippen molar-refractivity contribution < 1.29 is 13.3 Å². The third-order valence-electron chi connectivity index (χ3n) is 1.85. The van der Waals surface area contributed by atoms with Gasteiger partial charge in [-0.25, -0.2) is 4.21 Å². The molecule has 0 aliphatic carbocycles. The van der Waals surface area contributed by atoms with Crippen LogP contribution in [0.1, 0.15) is 11.1 Å². The monoisotopic (exact) mass is 240 g/mol. The molecule has 0 bridgehead atoms. The van der Waals surface area contributed by atoms with Gasteiger partial charge in [-0.1, -0.05) is 6.07 Å². The number of benzene rings is 1. The summed E-state index contributed by atoms with van der Waals surface area (Å²) < 4.78 is 15.6. The second kappa shape index (κ2) is 5.34. The number of hydrogen-bond donors (Lipinski definition) is 0. The maximum absolute atomic E-state index is 11.1. The van der Waals surface area contributed by atoms with Crippen LogP contribution in [0.4, 0.5) is 5.69 Å². The lowest BCUT2D eigenvalue weighted by atomic mass is 10.1. The Morgan fingerprint density at radius 3 is 2.81 bits per heavy atom. The van der Waals surface area contributed by atoms with Gasteiger partial charge in [-0.05, 0) is 11.6 Å². The number of hydrogen-bond acceptors (Lipinski definition) is 5. The van der Waals surface area contributed by atoms with E-state index in [0.717, 1.165) is 0 Å². The summed E-state index contributed by atoms with van der Waals surface area (Å²) in [7, 11) is 1.29. The Morgan fingerprint density at radius 2 is 2.31 bits per heavy atom. The van der Waals surface area contributed by atoms with E-state index in [1.165, 1.54) is 25.3 Å². The average molecular weight is 240 g/mol. The van der Waals surface area contributed by atoms with Gasteiger partial charge in [-0.3, -0.25) is 14.3 Å². The topological polar surface area (TPSA) is 93.2 Å². The average Bonchev–Trinajstić information content (AvgIpc) is 2.28. The summed E-state index contributed by atoms with van der Waals surface area (Å²) in [5.74, 6) is 0.0586. The molecule has 0 aliphatic heterocycles. The van der Waals surface area contributed by atoms with Gasteiger partial charge >= 0.3 is 0 Å². The van der Waals surface area contributed by atoms with E-state index >= 15 is 0 Å². The van der Waals surface area contributed by atoms with Crippen molar-refractivity contribution in [3.63, 3.8) is 0 Å². The second-order valence-electron chi connectivity index (χ2n) is 2.84. The van der Waals surface area contributed by atoms with E-state index in [2.05, 4.69) is 4.18 Å². The lowest BCUT2D eigenvalue weighted by Crippen LogP contribution is -1.99. The smallest absolute Gasteiger partial charge is 0.287 e. The molecule has 0 aliphatic rings. The summed E-state index contributed by atoms with van der Waals surface area (Å²) in [5.41, 5.74) is 0.191. The minimum atomic E-state index is -1.51. The van der Waals surface area contributed by atoms with E-state index in [-0.39, 0.29) is 17.0 Å². The molecule has 0 saturated heterocycles. The fourth-order valence-electron chi connectivity index (χ4n) is 1.11. The highest BCUT2D eigenvalue weighted by Gasteiger charge is 2.14. The Hall–Kier alpha value is -1.78. The molecule has 0 fully saturated rings. The molecule has 84 valence electrons. The van der Waals surface area contributed by atoms with Crippen LogP contribution >= 0.6 is 0 Å². The number of nitro groups is 1. The van der Waals surface area contributed by atoms with Crippen LogP contribution in [0.3, 0.4) is 0 Å². The van der Waals surface area contributed by atoms with E-state index in [9.17, 15) is 14.3 Å². The first-order valence-corrected chi connectivity index (χ1v) is 5.43. The molecule has 1 rings (SSSR count). The number of nitrogens with zero attached hydrogens (tertiary/aromatic N) is 2. The van der Waals surface area contributed by atoms with E-state index in [1.54, 1.807) is 6.07 Å². The summed E-state index contributed by atoms with van der Waals surface area (Å²) >= 11 is -1.51. The zero-order valence-corrected chi connectivity index (χ0v) is 9.19. The minimum Gasteiger partial charge on any atom is -0.294 e. The number of rotatable bonds is 4. The van der Waals surface area contributed by atoms with Gasteiger partial charge in [0, 0.05) is 6.07 Å². The highest BCUT2D eigenvalue weighted by molar-refractivity contribution is 7.79. The van der Waals surface area contributed by atoms with Crippen LogP contribution in [-0.2, 0) is 21.0 Å². The molecule has 0 amide bonds. The van der Waals surface area contributed by atoms with Gasteiger partial charge in [0.1, 0.15) is 11.6 Å².